The molecule has 1 rings (SSSR count). The highest BCUT2D eigenvalue weighted by molar-refractivity contribution is 5.95. The summed E-state index contributed by atoms with van der Waals surface area (Å²) in [5.41, 5.74) is 0. The van der Waals surface area contributed by atoms with Gasteiger partial charge in [0, 0.05) is 7.05 Å². The third-order valence-corrected chi connectivity index (χ3v) is 1.17. The molecule has 1 saturated heterocycles. The highest BCUT2D eigenvalue weighted by Gasteiger charge is 2.26. The SMILES string of the molecule is CN1C(=O)NC(=O)NC1O. The molecular formula is C4H7N3O3. The zero-order valence-electron chi connectivity index (χ0n) is 5.29. The summed E-state index contributed by atoms with van der Waals surface area (Å²) < 4.78 is 0. The molecule has 56 valence electrons. The molecule has 6 nitrogen and oxygen atoms in total. The first-order chi connectivity index (χ1) is 4.61. The first-order valence-electron chi connectivity index (χ1n) is 2.63. The van der Waals surface area contributed by atoms with Crippen LogP contribution in [0.1, 0.15) is 0 Å². The molecule has 0 aliphatic carbocycles. The van der Waals surface area contributed by atoms with E-state index in [1.165, 1.54) is 7.05 Å². The third-order valence-electron chi connectivity index (χ3n) is 1.17. The predicted molar refractivity (Wildman–Crippen MR) is 30.8 cm³/mol. The Morgan fingerprint density at radius 1 is 1.60 bits per heavy atom. The van der Waals surface area contributed by atoms with E-state index in [-0.39, 0.29) is 0 Å². The van der Waals surface area contributed by atoms with Gasteiger partial charge in [-0.1, -0.05) is 0 Å². The van der Waals surface area contributed by atoms with Gasteiger partial charge < -0.3 is 5.11 Å². The molecule has 1 fully saturated rings. The van der Waals surface area contributed by atoms with Gasteiger partial charge in [0.15, 0.2) is 0 Å². The van der Waals surface area contributed by atoms with Crippen LogP contribution >= 0.6 is 0 Å². The maximum absolute atomic E-state index is 10.6. The van der Waals surface area contributed by atoms with Crippen molar-refractivity contribution in [2.24, 2.45) is 0 Å². The van der Waals surface area contributed by atoms with Crippen molar-refractivity contribution in [1.82, 2.24) is 15.5 Å². The fourth-order valence-electron chi connectivity index (χ4n) is 0.547. The molecule has 0 saturated carbocycles. The van der Waals surface area contributed by atoms with Crippen molar-refractivity contribution < 1.29 is 14.7 Å². The molecule has 0 aromatic carbocycles. The summed E-state index contributed by atoms with van der Waals surface area (Å²) in [4.78, 5) is 22.0. The second-order valence-corrected chi connectivity index (χ2v) is 1.89. The number of urea groups is 2. The molecule has 6 heteroatoms. The minimum atomic E-state index is -1.22. The number of hydrogen-bond acceptors (Lipinski definition) is 3. The predicted octanol–water partition coefficient (Wildman–Crippen LogP) is -1.37. The maximum Gasteiger partial charge on any atom is 0.328 e. The molecule has 0 aromatic heterocycles. The van der Waals surface area contributed by atoms with Gasteiger partial charge in [-0.25, -0.2) is 9.59 Å². The molecule has 3 N–H and O–H groups in total. The first kappa shape index (κ1) is 6.81. The van der Waals surface area contributed by atoms with E-state index in [4.69, 9.17) is 5.11 Å². The Balaban J connectivity index is 2.66. The smallest absolute Gasteiger partial charge is 0.328 e. The van der Waals surface area contributed by atoms with Gasteiger partial charge in [-0.15, -0.1) is 0 Å². The van der Waals surface area contributed by atoms with Crippen molar-refractivity contribution in [1.29, 1.82) is 0 Å². The normalized spacial score (nSPS) is 25.8. The van der Waals surface area contributed by atoms with Gasteiger partial charge in [0.25, 0.3) is 0 Å². The van der Waals surface area contributed by atoms with Crippen LogP contribution in [0.15, 0.2) is 0 Å². The number of amides is 4. The van der Waals surface area contributed by atoms with E-state index in [0.717, 1.165) is 4.90 Å². The van der Waals surface area contributed by atoms with Gasteiger partial charge in [-0.2, -0.15) is 0 Å². The minimum Gasteiger partial charge on any atom is -0.356 e. The van der Waals surface area contributed by atoms with Crippen LogP contribution in [0.25, 0.3) is 0 Å². The zero-order chi connectivity index (χ0) is 7.72. The molecule has 1 atom stereocenters. The summed E-state index contributed by atoms with van der Waals surface area (Å²) in [5, 5.41) is 12.9. The van der Waals surface area contributed by atoms with Gasteiger partial charge in [0.05, 0.1) is 0 Å². The lowest BCUT2D eigenvalue weighted by atomic mass is 10.6. The lowest BCUT2D eigenvalue weighted by Crippen LogP contribution is -2.62. The number of aliphatic hydroxyl groups is 1. The molecule has 0 aromatic rings. The van der Waals surface area contributed by atoms with Crippen molar-refractivity contribution in [3.05, 3.63) is 0 Å². The Labute approximate surface area is 56.8 Å². The van der Waals surface area contributed by atoms with Gasteiger partial charge in [0.1, 0.15) is 0 Å². The number of rotatable bonds is 0. The topological polar surface area (TPSA) is 81.7 Å². The van der Waals surface area contributed by atoms with Gasteiger partial charge >= 0.3 is 12.1 Å². The standard InChI is InChI=1S/C4H7N3O3/c1-7-3(9)5-2(8)6-4(7)10/h3,9H,1H3,(H2,5,6,8,10). The Bertz CT molecular complexity index is 181. The van der Waals surface area contributed by atoms with Crippen LogP contribution in [-0.2, 0) is 0 Å². The molecule has 0 radical (unpaired) electrons. The van der Waals surface area contributed by atoms with Crippen LogP contribution in [0.4, 0.5) is 9.59 Å². The van der Waals surface area contributed by atoms with Crippen LogP contribution in [0.3, 0.4) is 0 Å². The quantitative estimate of drug-likeness (QED) is 0.393. The number of aliphatic hydroxyl groups excluding tert-OH is 1. The number of carbonyl (C=O) groups is 2. The van der Waals surface area contributed by atoms with E-state index in [0.29, 0.717) is 0 Å². The monoisotopic (exact) mass is 145 g/mol. The maximum atomic E-state index is 10.6. The highest BCUT2D eigenvalue weighted by Crippen LogP contribution is 1.93. The molecular weight excluding hydrogens is 138 g/mol. The van der Waals surface area contributed by atoms with E-state index in [2.05, 4.69) is 5.32 Å². The molecule has 10 heavy (non-hydrogen) atoms. The average Bonchev–Trinajstić information content (AvgIpc) is 1.82. The fraction of sp³-hybridized carbons (Fsp3) is 0.500. The molecule has 4 amide bonds. The van der Waals surface area contributed by atoms with E-state index < -0.39 is 18.4 Å². The minimum absolute atomic E-state index is 0.615. The van der Waals surface area contributed by atoms with E-state index in [1.807, 2.05) is 5.32 Å². The zero-order valence-corrected chi connectivity index (χ0v) is 5.29. The number of imide groups is 1. The number of hydrogen-bond donors (Lipinski definition) is 3. The van der Waals surface area contributed by atoms with Crippen molar-refractivity contribution in [3.63, 3.8) is 0 Å². The van der Waals surface area contributed by atoms with Crippen molar-refractivity contribution in [2.45, 2.75) is 6.35 Å². The lowest BCUT2D eigenvalue weighted by Gasteiger charge is -2.28. The average molecular weight is 145 g/mol. The molecule has 1 unspecified atom stereocenters. The Kier molecular flexibility index (Phi) is 1.46. The molecule has 1 aliphatic rings. The Hall–Kier alpha value is -1.30. The van der Waals surface area contributed by atoms with Crippen LogP contribution in [0.2, 0.25) is 0 Å². The van der Waals surface area contributed by atoms with E-state index >= 15 is 0 Å². The second-order valence-electron chi connectivity index (χ2n) is 1.89. The largest absolute Gasteiger partial charge is 0.356 e. The molecule has 1 heterocycles. The summed E-state index contributed by atoms with van der Waals surface area (Å²) in [5.74, 6) is 0. The number of nitrogens with zero attached hydrogens (tertiary/aromatic N) is 1. The van der Waals surface area contributed by atoms with Gasteiger partial charge in [-0.05, 0) is 0 Å². The van der Waals surface area contributed by atoms with E-state index in [1.54, 1.807) is 0 Å². The van der Waals surface area contributed by atoms with Gasteiger partial charge in [0.2, 0.25) is 6.35 Å². The molecule has 1 aliphatic heterocycles. The second kappa shape index (κ2) is 2.14. The Morgan fingerprint density at radius 3 is 2.70 bits per heavy atom. The lowest BCUT2D eigenvalue weighted by molar-refractivity contribution is 0.0192. The Morgan fingerprint density at radius 2 is 2.20 bits per heavy atom. The van der Waals surface area contributed by atoms with Crippen LogP contribution in [-0.4, -0.2) is 35.5 Å². The molecule has 0 bridgehead atoms. The highest BCUT2D eigenvalue weighted by atomic mass is 16.3. The summed E-state index contributed by atoms with van der Waals surface area (Å²) in [6.07, 6.45) is -1.22. The summed E-state index contributed by atoms with van der Waals surface area (Å²) in [6.45, 7) is 0. The van der Waals surface area contributed by atoms with Crippen LogP contribution in [0, 0.1) is 0 Å². The van der Waals surface area contributed by atoms with Crippen molar-refractivity contribution >= 4 is 12.1 Å². The van der Waals surface area contributed by atoms with Crippen LogP contribution in [0.5, 0.6) is 0 Å². The third kappa shape index (κ3) is 1.01. The fourth-order valence-corrected chi connectivity index (χ4v) is 0.547. The summed E-state index contributed by atoms with van der Waals surface area (Å²) in [6, 6.07) is -1.30. The van der Waals surface area contributed by atoms with Crippen molar-refractivity contribution in [3.8, 4) is 0 Å². The molecule has 0 spiro atoms. The number of carbonyl (C=O) groups excluding carboxylic acids is 2. The van der Waals surface area contributed by atoms with Gasteiger partial charge in [-0.3, -0.25) is 15.5 Å². The number of nitrogens with one attached hydrogen (secondary N) is 2. The van der Waals surface area contributed by atoms with Crippen molar-refractivity contribution in [2.75, 3.05) is 7.05 Å². The van der Waals surface area contributed by atoms with E-state index in [9.17, 15) is 9.59 Å². The van der Waals surface area contributed by atoms with Crippen LogP contribution < -0.4 is 10.6 Å². The summed E-state index contributed by atoms with van der Waals surface area (Å²) in [7, 11) is 1.36. The summed E-state index contributed by atoms with van der Waals surface area (Å²) >= 11 is 0. The first-order valence-corrected chi connectivity index (χ1v) is 2.63.